The first-order chi connectivity index (χ1) is 12.1. The Morgan fingerprint density at radius 2 is 2.04 bits per heavy atom. The van der Waals surface area contributed by atoms with Crippen molar-refractivity contribution < 1.29 is 0 Å². The van der Waals surface area contributed by atoms with Gasteiger partial charge in [0.2, 0.25) is 0 Å². The number of aromatic nitrogens is 1. The minimum Gasteiger partial charge on any atom is -0.400 e. The van der Waals surface area contributed by atoms with Crippen molar-refractivity contribution in [2.45, 2.75) is 6.92 Å². The molecule has 0 saturated heterocycles. The lowest BCUT2D eigenvalue weighted by molar-refractivity contribution is 0.345. The molecule has 2 rings (SSSR count). The minimum absolute atomic E-state index is 0.624. The van der Waals surface area contributed by atoms with Gasteiger partial charge in [-0.1, -0.05) is 12.1 Å². The Balaban J connectivity index is 1.73. The first-order valence-electron chi connectivity index (χ1n) is 8.49. The number of hydrogen-bond donors (Lipinski definition) is 5. The van der Waals surface area contributed by atoms with E-state index >= 15 is 0 Å². The molecule has 0 fully saturated rings. The van der Waals surface area contributed by atoms with Gasteiger partial charge in [0.05, 0.1) is 5.52 Å². The second-order valence-electron chi connectivity index (χ2n) is 6.17. The van der Waals surface area contributed by atoms with Gasteiger partial charge in [0.15, 0.2) is 0 Å². The van der Waals surface area contributed by atoms with Gasteiger partial charge in [0.25, 0.3) is 0 Å². The van der Waals surface area contributed by atoms with E-state index in [9.17, 15) is 0 Å². The maximum absolute atomic E-state index is 5.73. The summed E-state index contributed by atoms with van der Waals surface area (Å²) >= 11 is 0. The number of nitrogens with one attached hydrogen (secondary N) is 3. The molecule has 2 aromatic rings. The summed E-state index contributed by atoms with van der Waals surface area (Å²) in [5.41, 5.74) is 12.2. The quantitative estimate of drug-likeness (QED) is 0.246. The monoisotopic (exact) mass is 343 g/mol. The number of likely N-dealkylation sites (N-methyl/N-ethyl adjacent to an activating group) is 1. The fourth-order valence-corrected chi connectivity index (χ4v) is 2.57. The summed E-state index contributed by atoms with van der Waals surface area (Å²) in [6.45, 7) is 6.35. The molecule has 7 nitrogen and oxygen atoms in total. The molecule has 1 aromatic carbocycles. The summed E-state index contributed by atoms with van der Waals surface area (Å²) < 4.78 is 0. The van der Waals surface area contributed by atoms with Gasteiger partial charge < -0.3 is 26.7 Å². The Hall–Kier alpha value is -2.35. The molecule has 25 heavy (non-hydrogen) atoms. The smallest absolute Gasteiger partial charge is 0.0725 e. The summed E-state index contributed by atoms with van der Waals surface area (Å²) in [5, 5.41) is 7.95. The zero-order chi connectivity index (χ0) is 18.1. The van der Waals surface area contributed by atoms with Gasteiger partial charge >= 0.3 is 0 Å². The summed E-state index contributed by atoms with van der Waals surface area (Å²) in [5.74, 6) is 5.17. The van der Waals surface area contributed by atoms with Crippen molar-refractivity contribution in [1.29, 1.82) is 0 Å². The molecule has 0 aliphatic heterocycles. The fraction of sp³-hybridized carbons (Fsp3) is 0.389. The predicted molar refractivity (Wildman–Crippen MR) is 105 cm³/mol. The number of hydrazine groups is 1. The normalized spacial score (nSPS) is 11.9. The Kier molecular flexibility index (Phi) is 7.46. The van der Waals surface area contributed by atoms with Gasteiger partial charge in [0, 0.05) is 61.9 Å². The average Bonchev–Trinajstić information content (AvgIpc) is 2.59. The number of benzene rings is 1. The lowest BCUT2D eigenvalue weighted by Crippen LogP contribution is -2.34. The standard InChI is InChI=1S/C18H29N7/c1-14-3-4-16-17(5-6-22-18(16)11-14)23-8-10-25(2)9-7-21-12-15(19)13-24-20/h3-6,11,13,21,24H,7-10,12,19-20H2,1-2H3,(H,22,23)/b15-13-. The molecule has 0 saturated carbocycles. The zero-order valence-electron chi connectivity index (χ0n) is 15.0. The Labute approximate surface area is 149 Å². The SMILES string of the molecule is Cc1ccc2c(NCCN(C)CCNC/C(N)=C/NN)ccnc2c1. The molecule has 0 radical (unpaired) electrons. The molecule has 0 unspecified atom stereocenters. The van der Waals surface area contributed by atoms with Crippen LogP contribution in [0, 0.1) is 6.92 Å². The summed E-state index contributed by atoms with van der Waals surface area (Å²) in [6.07, 6.45) is 3.44. The maximum Gasteiger partial charge on any atom is 0.0725 e. The first-order valence-corrected chi connectivity index (χ1v) is 8.49. The van der Waals surface area contributed by atoms with Crippen molar-refractivity contribution in [3.63, 3.8) is 0 Å². The van der Waals surface area contributed by atoms with Crippen molar-refractivity contribution >= 4 is 16.6 Å². The predicted octanol–water partition coefficient (Wildman–Crippen LogP) is 0.740. The second kappa shape index (κ2) is 9.83. The van der Waals surface area contributed by atoms with Gasteiger partial charge in [-0.15, -0.1) is 0 Å². The van der Waals surface area contributed by atoms with Crippen LogP contribution in [0.1, 0.15) is 5.56 Å². The molecule has 1 aromatic heterocycles. The molecular formula is C18H29N7. The lowest BCUT2D eigenvalue weighted by atomic mass is 10.1. The van der Waals surface area contributed by atoms with Crippen molar-refractivity contribution in [3.8, 4) is 0 Å². The number of fused-ring (bicyclic) bond motifs is 1. The van der Waals surface area contributed by atoms with Crippen LogP contribution >= 0.6 is 0 Å². The summed E-state index contributed by atoms with van der Waals surface area (Å²) in [6, 6.07) is 8.38. The topological polar surface area (TPSA) is 104 Å². The molecule has 0 aliphatic carbocycles. The van der Waals surface area contributed by atoms with E-state index in [1.165, 1.54) is 5.56 Å². The molecule has 0 bridgehead atoms. The maximum atomic E-state index is 5.73. The Morgan fingerprint density at radius 3 is 2.84 bits per heavy atom. The van der Waals surface area contributed by atoms with E-state index in [4.69, 9.17) is 11.6 Å². The second-order valence-corrected chi connectivity index (χ2v) is 6.17. The van der Waals surface area contributed by atoms with Gasteiger partial charge in [-0.3, -0.25) is 10.8 Å². The number of anilines is 1. The minimum atomic E-state index is 0.624. The highest BCUT2D eigenvalue weighted by molar-refractivity contribution is 5.91. The Bertz CT molecular complexity index is 699. The van der Waals surface area contributed by atoms with E-state index in [1.54, 1.807) is 6.20 Å². The number of nitrogens with zero attached hydrogens (tertiary/aromatic N) is 2. The average molecular weight is 343 g/mol. The summed E-state index contributed by atoms with van der Waals surface area (Å²) in [4.78, 5) is 6.71. The highest BCUT2D eigenvalue weighted by Crippen LogP contribution is 2.22. The molecular weight excluding hydrogens is 314 g/mol. The molecule has 0 amide bonds. The molecule has 0 atom stereocenters. The molecule has 136 valence electrons. The highest BCUT2D eigenvalue weighted by Gasteiger charge is 2.03. The number of pyridine rings is 1. The molecule has 0 spiro atoms. The third-order valence-corrected chi connectivity index (χ3v) is 3.98. The molecule has 7 heteroatoms. The van der Waals surface area contributed by atoms with E-state index in [1.807, 2.05) is 12.3 Å². The third-order valence-electron chi connectivity index (χ3n) is 3.98. The van der Waals surface area contributed by atoms with Crippen molar-refractivity contribution in [2.24, 2.45) is 11.6 Å². The fourth-order valence-electron chi connectivity index (χ4n) is 2.57. The van der Waals surface area contributed by atoms with Crippen LogP contribution in [0.15, 0.2) is 42.4 Å². The van der Waals surface area contributed by atoms with Crippen molar-refractivity contribution in [2.75, 3.05) is 45.1 Å². The van der Waals surface area contributed by atoms with Crippen LogP contribution in [0.3, 0.4) is 0 Å². The third kappa shape index (κ3) is 6.22. The molecule has 7 N–H and O–H groups in total. The number of nitrogens with two attached hydrogens (primary N) is 2. The van der Waals surface area contributed by atoms with Gasteiger partial charge in [-0.2, -0.15) is 0 Å². The van der Waals surface area contributed by atoms with Crippen molar-refractivity contribution in [3.05, 3.63) is 47.9 Å². The van der Waals surface area contributed by atoms with E-state index in [0.717, 1.165) is 42.8 Å². The van der Waals surface area contributed by atoms with E-state index in [-0.39, 0.29) is 0 Å². The van der Waals surface area contributed by atoms with Gasteiger partial charge in [-0.05, 0) is 31.7 Å². The van der Waals surface area contributed by atoms with Gasteiger partial charge in [-0.25, -0.2) is 0 Å². The van der Waals surface area contributed by atoms with Crippen LogP contribution in [-0.2, 0) is 0 Å². The largest absolute Gasteiger partial charge is 0.400 e. The number of hydrogen-bond acceptors (Lipinski definition) is 7. The van der Waals surface area contributed by atoms with Crippen molar-refractivity contribution in [1.82, 2.24) is 20.6 Å². The number of aryl methyl sites for hydroxylation is 1. The van der Waals surface area contributed by atoms with Crippen LogP contribution in [0.25, 0.3) is 10.9 Å². The molecule has 0 aliphatic rings. The van der Waals surface area contributed by atoms with E-state index in [0.29, 0.717) is 12.2 Å². The van der Waals surface area contributed by atoms with Crippen LogP contribution in [-0.4, -0.2) is 49.7 Å². The molecule has 1 heterocycles. The van der Waals surface area contributed by atoms with E-state index < -0.39 is 0 Å². The highest BCUT2D eigenvalue weighted by atomic mass is 15.2. The van der Waals surface area contributed by atoms with Crippen LogP contribution < -0.4 is 27.6 Å². The van der Waals surface area contributed by atoms with Crippen LogP contribution in [0.4, 0.5) is 5.69 Å². The lowest BCUT2D eigenvalue weighted by Gasteiger charge is -2.18. The Morgan fingerprint density at radius 1 is 1.24 bits per heavy atom. The van der Waals surface area contributed by atoms with Crippen LogP contribution in [0.2, 0.25) is 0 Å². The zero-order valence-corrected chi connectivity index (χ0v) is 15.0. The van der Waals surface area contributed by atoms with Gasteiger partial charge in [0.1, 0.15) is 0 Å². The van der Waals surface area contributed by atoms with Crippen LogP contribution in [0.5, 0.6) is 0 Å². The number of rotatable bonds is 10. The summed E-state index contributed by atoms with van der Waals surface area (Å²) in [7, 11) is 2.11. The first kappa shape index (κ1) is 19.0. The van der Waals surface area contributed by atoms with E-state index in [2.05, 4.69) is 58.1 Å².